The first-order valence-corrected chi connectivity index (χ1v) is 12.3. The summed E-state index contributed by atoms with van der Waals surface area (Å²) in [5.74, 6) is -0.335. The number of carbonyl (C=O) groups is 1. The number of hydrogen-bond acceptors (Lipinski definition) is 4. The minimum absolute atomic E-state index is 0.241. The van der Waals surface area contributed by atoms with E-state index in [1.54, 1.807) is 12.1 Å². The van der Waals surface area contributed by atoms with E-state index in [9.17, 15) is 13.2 Å². The number of sulfonamides is 1. The highest BCUT2D eigenvalue weighted by molar-refractivity contribution is 7.92. The molecule has 1 amide bonds. The predicted octanol–water partition coefficient (Wildman–Crippen LogP) is 3.06. The number of hydrogen-bond donors (Lipinski definition) is 1. The van der Waals surface area contributed by atoms with Crippen molar-refractivity contribution in [3.8, 4) is 0 Å². The van der Waals surface area contributed by atoms with Crippen LogP contribution in [0.5, 0.6) is 0 Å². The minimum Gasteiger partial charge on any atom is -0.350 e. The van der Waals surface area contributed by atoms with Crippen LogP contribution in [0.4, 0.5) is 5.69 Å². The molecule has 7 heteroatoms. The standard InChI is InChI=1S/C23H31N3O3S/c1-19-6-12-22(13-7-19)26(30(2,28)29)18-23(27)24-16-20-8-10-21(11-9-20)17-25-14-4-3-5-15-25/h6-13H,3-5,14-18H2,1-2H3,(H,24,27). The molecule has 30 heavy (non-hydrogen) atoms. The maximum Gasteiger partial charge on any atom is 0.241 e. The molecular weight excluding hydrogens is 398 g/mol. The van der Waals surface area contributed by atoms with Gasteiger partial charge in [0.05, 0.1) is 11.9 Å². The van der Waals surface area contributed by atoms with Gasteiger partial charge < -0.3 is 5.32 Å². The number of benzene rings is 2. The summed E-state index contributed by atoms with van der Waals surface area (Å²) in [5.41, 5.74) is 3.78. The first-order valence-electron chi connectivity index (χ1n) is 10.4. The lowest BCUT2D eigenvalue weighted by molar-refractivity contribution is -0.119. The highest BCUT2D eigenvalue weighted by Gasteiger charge is 2.20. The second-order valence-electron chi connectivity index (χ2n) is 8.04. The Bertz CT molecular complexity index is 935. The minimum atomic E-state index is -3.56. The van der Waals surface area contributed by atoms with Crippen LogP contribution in [-0.2, 0) is 27.9 Å². The van der Waals surface area contributed by atoms with Crippen LogP contribution in [0.1, 0.15) is 36.0 Å². The second-order valence-corrected chi connectivity index (χ2v) is 9.94. The fourth-order valence-electron chi connectivity index (χ4n) is 3.64. The van der Waals surface area contributed by atoms with Gasteiger partial charge >= 0.3 is 0 Å². The molecule has 0 radical (unpaired) electrons. The number of nitrogens with zero attached hydrogens (tertiary/aromatic N) is 2. The van der Waals surface area contributed by atoms with Gasteiger partial charge in [-0.05, 0) is 56.1 Å². The topological polar surface area (TPSA) is 69.7 Å². The fraction of sp³-hybridized carbons (Fsp3) is 0.435. The molecule has 1 aliphatic rings. The molecular formula is C23H31N3O3S. The molecule has 6 nitrogen and oxygen atoms in total. The molecule has 162 valence electrons. The lowest BCUT2D eigenvalue weighted by atomic mass is 10.1. The third-order valence-corrected chi connectivity index (χ3v) is 6.52. The van der Waals surface area contributed by atoms with Crippen LogP contribution in [0.2, 0.25) is 0 Å². The average Bonchev–Trinajstić information content (AvgIpc) is 2.72. The number of aryl methyl sites for hydroxylation is 1. The van der Waals surface area contributed by atoms with Crippen LogP contribution in [-0.4, -0.2) is 45.1 Å². The fourth-order valence-corrected chi connectivity index (χ4v) is 4.49. The van der Waals surface area contributed by atoms with Gasteiger partial charge in [0.1, 0.15) is 6.54 Å². The Morgan fingerprint density at radius 3 is 2.17 bits per heavy atom. The Hall–Kier alpha value is -2.38. The van der Waals surface area contributed by atoms with Crippen molar-refractivity contribution in [3.63, 3.8) is 0 Å². The molecule has 0 atom stereocenters. The van der Waals surface area contributed by atoms with Gasteiger partial charge in [-0.2, -0.15) is 0 Å². The zero-order chi connectivity index (χ0) is 21.6. The zero-order valence-electron chi connectivity index (χ0n) is 17.8. The van der Waals surface area contributed by atoms with Crippen molar-refractivity contribution in [2.45, 2.75) is 39.3 Å². The van der Waals surface area contributed by atoms with Crippen molar-refractivity contribution >= 4 is 21.6 Å². The van der Waals surface area contributed by atoms with E-state index in [0.29, 0.717) is 12.2 Å². The number of rotatable bonds is 8. The first kappa shape index (κ1) is 22.3. The maximum absolute atomic E-state index is 12.4. The average molecular weight is 430 g/mol. The molecule has 2 aromatic carbocycles. The van der Waals surface area contributed by atoms with Crippen molar-refractivity contribution in [2.24, 2.45) is 0 Å². The van der Waals surface area contributed by atoms with Gasteiger partial charge in [-0.1, -0.05) is 48.4 Å². The van der Waals surface area contributed by atoms with E-state index < -0.39 is 10.0 Å². The second kappa shape index (κ2) is 10.1. The SMILES string of the molecule is Cc1ccc(N(CC(=O)NCc2ccc(CN3CCCCC3)cc2)S(C)(=O)=O)cc1. The summed E-state index contributed by atoms with van der Waals surface area (Å²) < 4.78 is 25.5. The maximum atomic E-state index is 12.4. The third-order valence-electron chi connectivity index (χ3n) is 5.38. The molecule has 2 aromatic rings. The molecule has 3 rings (SSSR count). The molecule has 0 unspecified atom stereocenters. The third kappa shape index (κ3) is 6.57. The van der Waals surface area contributed by atoms with E-state index in [2.05, 4.69) is 22.3 Å². The molecule has 1 N–H and O–H groups in total. The number of piperidine rings is 1. The van der Waals surface area contributed by atoms with Gasteiger partial charge in [0.2, 0.25) is 15.9 Å². The van der Waals surface area contributed by atoms with Gasteiger partial charge in [-0.3, -0.25) is 14.0 Å². The molecule has 0 aromatic heterocycles. The van der Waals surface area contributed by atoms with E-state index in [4.69, 9.17) is 0 Å². The molecule has 1 saturated heterocycles. The summed E-state index contributed by atoms with van der Waals surface area (Å²) in [7, 11) is -3.56. The van der Waals surface area contributed by atoms with Crippen LogP contribution < -0.4 is 9.62 Å². The normalized spacial score (nSPS) is 15.0. The van der Waals surface area contributed by atoms with Crippen molar-refractivity contribution in [2.75, 3.05) is 30.2 Å². The Morgan fingerprint density at radius 1 is 0.967 bits per heavy atom. The van der Waals surface area contributed by atoms with Crippen molar-refractivity contribution in [1.82, 2.24) is 10.2 Å². The zero-order valence-corrected chi connectivity index (χ0v) is 18.6. The number of anilines is 1. The molecule has 1 fully saturated rings. The van der Waals surface area contributed by atoms with E-state index in [1.165, 1.54) is 24.8 Å². The monoisotopic (exact) mass is 429 g/mol. The lowest BCUT2D eigenvalue weighted by Crippen LogP contribution is -2.40. The molecule has 0 spiro atoms. The summed E-state index contributed by atoms with van der Waals surface area (Å²) in [6.07, 6.45) is 4.99. The Balaban J connectivity index is 1.54. The first-order chi connectivity index (χ1) is 14.3. The summed E-state index contributed by atoms with van der Waals surface area (Å²) in [4.78, 5) is 14.9. The van der Waals surface area contributed by atoms with Gasteiger partial charge in [-0.25, -0.2) is 8.42 Å². The van der Waals surface area contributed by atoms with Crippen molar-refractivity contribution < 1.29 is 13.2 Å². The Morgan fingerprint density at radius 2 is 1.57 bits per heavy atom. The highest BCUT2D eigenvalue weighted by atomic mass is 32.2. The quantitative estimate of drug-likeness (QED) is 0.700. The van der Waals surface area contributed by atoms with E-state index in [0.717, 1.165) is 41.3 Å². The number of nitrogens with one attached hydrogen (secondary N) is 1. The van der Waals surface area contributed by atoms with Crippen LogP contribution in [0.15, 0.2) is 48.5 Å². The molecule has 1 aliphatic heterocycles. The van der Waals surface area contributed by atoms with Gasteiger partial charge in [0.15, 0.2) is 0 Å². The summed E-state index contributed by atoms with van der Waals surface area (Å²) >= 11 is 0. The molecule has 0 bridgehead atoms. The number of carbonyl (C=O) groups excluding carboxylic acids is 1. The molecule has 0 saturated carbocycles. The number of likely N-dealkylation sites (tertiary alicyclic amines) is 1. The van der Waals surface area contributed by atoms with E-state index >= 15 is 0 Å². The van der Waals surface area contributed by atoms with E-state index in [-0.39, 0.29) is 12.5 Å². The van der Waals surface area contributed by atoms with Gasteiger partial charge in [-0.15, -0.1) is 0 Å². The smallest absolute Gasteiger partial charge is 0.241 e. The van der Waals surface area contributed by atoms with E-state index in [1.807, 2.05) is 31.2 Å². The van der Waals surface area contributed by atoms with Crippen molar-refractivity contribution in [1.29, 1.82) is 0 Å². The Kier molecular flexibility index (Phi) is 7.50. The molecule has 0 aliphatic carbocycles. The van der Waals surface area contributed by atoms with Crippen molar-refractivity contribution in [3.05, 3.63) is 65.2 Å². The largest absolute Gasteiger partial charge is 0.350 e. The lowest BCUT2D eigenvalue weighted by Gasteiger charge is -2.26. The van der Waals surface area contributed by atoms with Crippen LogP contribution in [0.3, 0.4) is 0 Å². The summed E-state index contributed by atoms with van der Waals surface area (Å²) in [5, 5.41) is 2.83. The number of amides is 1. The molecule has 1 heterocycles. The van der Waals surface area contributed by atoms with Gasteiger partial charge in [0, 0.05) is 13.1 Å². The van der Waals surface area contributed by atoms with Crippen LogP contribution in [0, 0.1) is 6.92 Å². The highest BCUT2D eigenvalue weighted by Crippen LogP contribution is 2.18. The summed E-state index contributed by atoms with van der Waals surface area (Å²) in [6, 6.07) is 15.3. The van der Waals surface area contributed by atoms with Crippen LogP contribution >= 0.6 is 0 Å². The van der Waals surface area contributed by atoms with Crippen LogP contribution in [0.25, 0.3) is 0 Å². The summed E-state index contributed by atoms with van der Waals surface area (Å²) in [6.45, 7) is 5.35. The van der Waals surface area contributed by atoms with Gasteiger partial charge in [0.25, 0.3) is 0 Å². The Labute approximate surface area is 179 Å². The predicted molar refractivity (Wildman–Crippen MR) is 121 cm³/mol.